The molecule has 0 aromatic carbocycles. The summed E-state index contributed by atoms with van der Waals surface area (Å²) in [6.07, 6.45) is 4.55. The Morgan fingerprint density at radius 2 is 2.36 bits per heavy atom. The molecule has 0 saturated heterocycles. The zero-order valence-electron chi connectivity index (χ0n) is 6.90. The predicted molar refractivity (Wildman–Crippen MR) is 44.4 cm³/mol. The van der Waals surface area contributed by atoms with E-state index in [4.69, 9.17) is 5.11 Å². The molecule has 1 rings (SSSR count). The second kappa shape index (κ2) is 5.13. The molecule has 0 radical (unpaired) electrons. The topological polar surface area (TPSA) is 46.2 Å². The molecular formula is C8H17N2O+. The monoisotopic (exact) mass is 157 g/mol. The van der Waals surface area contributed by atoms with Crippen LogP contribution >= 0.6 is 0 Å². The van der Waals surface area contributed by atoms with E-state index < -0.39 is 0 Å². The first-order chi connectivity index (χ1) is 5.43. The molecule has 1 aliphatic heterocycles. The van der Waals surface area contributed by atoms with Crippen molar-refractivity contribution in [2.75, 3.05) is 19.7 Å². The smallest absolute Gasteiger partial charge is 0.242 e. The Hall–Kier alpha value is -0.570. The molecule has 1 aliphatic rings. The van der Waals surface area contributed by atoms with Gasteiger partial charge < -0.3 is 5.11 Å². The van der Waals surface area contributed by atoms with Crippen LogP contribution in [0.4, 0.5) is 0 Å². The maximum Gasteiger partial charge on any atom is 0.242 e. The average molecular weight is 157 g/mol. The molecule has 11 heavy (non-hydrogen) atoms. The lowest BCUT2D eigenvalue weighted by Gasteiger charge is -2.06. The highest BCUT2D eigenvalue weighted by atomic mass is 16.3. The third-order valence-corrected chi connectivity index (χ3v) is 1.87. The third kappa shape index (κ3) is 3.37. The Labute approximate surface area is 67.5 Å². The SMILES string of the molecule is OCCCNC1=[NH+]CCCC1. The van der Waals surface area contributed by atoms with Crippen molar-refractivity contribution in [2.24, 2.45) is 0 Å². The highest BCUT2D eigenvalue weighted by Gasteiger charge is 2.08. The zero-order valence-corrected chi connectivity index (χ0v) is 6.90. The second-order valence-corrected chi connectivity index (χ2v) is 2.87. The zero-order chi connectivity index (χ0) is 7.94. The first-order valence-electron chi connectivity index (χ1n) is 4.38. The van der Waals surface area contributed by atoms with E-state index in [0.29, 0.717) is 0 Å². The minimum Gasteiger partial charge on any atom is -0.396 e. The average Bonchev–Trinajstić information content (AvgIpc) is 2.07. The Morgan fingerprint density at radius 1 is 1.45 bits per heavy atom. The molecule has 0 unspecified atom stereocenters. The van der Waals surface area contributed by atoms with Crippen molar-refractivity contribution >= 4 is 5.84 Å². The third-order valence-electron chi connectivity index (χ3n) is 1.87. The van der Waals surface area contributed by atoms with Crippen LogP contribution in [0.1, 0.15) is 25.7 Å². The number of amidine groups is 1. The lowest BCUT2D eigenvalue weighted by Crippen LogP contribution is -2.77. The van der Waals surface area contributed by atoms with Crippen LogP contribution in [0.25, 0.3) is 0 Å². The summed E-state index contributed by atoms with van der Waals surface area (Å²) in [6, 6.07) is 0. The number of hydrogen-bond acceptors (Lipinski definition) is 2. The molecule has 3 N–H and O–H groups in total. The van der Waals surface area contributed by atoms with E-state index >= 15 is 0 Å². The van der Waals surface area contributed by atoms with Crippen molar-refractivity contribution < 1.29 is 10.1 Å². The molecule has 0 aromatic rings. The molecule has 0 spiro atoms. The summed E-state index contributed by atoms with van der Waals surface area (Å²) >= 11 is 0. The van der Waals surface area contributed by atoms with Crippen LogP contribution in [-0.4, -0.2) is 30.6 Å². The summed E-state index contributed by atoms with van der Waals surface area (Å²) in [6.45, 7) is 2.26. The van der Waals surface area contributed by atoms with Crippen LogP contribution in [0.3, 0.4) is 0 Å². The van der Waals surface area contributed by atoms with Gasteiger partial charge >= 0.3 is 0 Å². The first kappa shape index (κ1) is 8.53. The van der Waals surface area contributed by atoms with Crippen LogP contribution in [0.5, 0.6) is 0 Å². The van der Waals surface area contributed by atoms with Crippen LogP contribution < -0.4 is 10.3 Å². The molecule has 0 aliphatic carbocycles. The van der Waals surface area contributed by atoms with Crippen molar-refractivity contribution in [3.05, 3.63) is 0 Å². The Bertz CT molecular complexity index is 134. The quantitative estimate of drug-likeness (QED) is 0.442. The Balaban J connectivity index is 2.09. The molecule has 0 aromatic heterocycles. The maximum absolute atomic E-state index is 8.53. The lowest BCUT2D eigenvalue weighted by molar-refractivity contribution is -0.466. The van der Waals surface area contributed by atoms with Gasteiger partial charge in [-0.05, 0) is 12.8 Å². The minimum atomic E-state index is 0.278. The summed E-state index contributed by atoms with van der Waals surface area (Å²) in [5, 5.41) is 11.8. The molecule has 64 valence electrons. The second-order valence-electron chi connectivity index (χ2n) is 2.87. The standard InChI is InChI=1S/C8H16N2O/c11-7-3-6-10-8-4-1-2-5-9-8/h11H,1-7H2,(H,9,10)/p+1. The molecule has 0 bridgehead atoms. The van der Waals surface area contributed by atoms with Gasteiger partial charge in [0, 0.05) is 19.4 Å². The summed E-state index contributed by atoms with van der Waals surface area (Å²) in [7, 11) is 0. The van der Waals surface area contributed by atoms with Crippen LogP contribution in [-0.2, 0) is 0 Å². The normalized spacial score (nSPS) is 17.7. The van der Waals surface area contributed by atoms with Crippen molar-refractivity contribution in [3.8, 4) is 0 Å². The van der Waals surface area contributed by atoms with Gasteiger partial charge in [0.1, 0.15) is 0 Å². The number of hydrogen-bond donors (Lipinski definition) is 3. The van der Waals surface area contributed by atoms with Gasteiger partial charge in [-0.1, -0.05) is 0 Å². The lowest BCUT2D eigenvalue weighted by atomic mass is 10.2. The van der Waals surface area contributed by atoms with Crippen molar-refractivity contribution in [3.63, 3.8) is 0 Å². The molecular weight excluding hydrogens is 140 g/mol. The summed E-state index contributed by atoms with van der Waals surface area (Å²) < 4.78 is 0. The Morgan fingerprint density at radius 3 is 3.00 bits per heavy atom. The summed E-state index contributed by atoms with van der Waals surface area (Å²) in [5.41, 5.74) is 0. The molecule has 0 fully saturated rings. The highest BCUT2D eigenvalue weighted by Crippen LogP contribution is 1.93. The predicted octanol–water partition coefficient (Wildman–Crippen LogP) is -1.38. The summed E-state index contributed by atoms with van der Waals surface area (Å²) in [4.78, 5) is 3.30. The van der Waals surface area contributed by atoms with Gasteiger partial charge in [-0.15, -0.1) is 0 Å². The van der Waals surface area contributed by atoms with Crippen LogP contribution in [0.15, 0.2) is 0 Å². The van der Waals surface area contributed by atoms with E-state index in [1.165, 1.54) is 18.7 Å². The minimum absolute atomic E-state index is 0.278. The van der Waals surface area contributed by atoms with E-state index in [9.17, 15) is 0 Å². The van der Waals surface area contributed by atoms with E-state index in [1.807, 2.05) is 0 Å². The molecule has 0 saturated carbocycles. The fraction of sp³-hybridized carbons (Fsp3) is 0.875. The number of nitrogens with one attached hydrogen (secondary N) is 2. The van der Waals surface area contributed by atoms with E-state index in [-0.39, 0.29) is 6.61 Å². The number of aliphatic hydroxyl groups is 1. The van der Waals surface area contributed by atoms with Crippen molar-refractivity contribution in [1.82, 2.24) is 5.32 Å². The van der Waals surface area contributed by atoms with E-state index in [0.717, 1.165) is 25.9 Å². The molecule has 1 heterocycles. The van der Waals surface area contributed by atoms with Crippen LogP contribution in [0, 0.1) is 0 Å². The van der Waals surface area contributed by atoms with Crippen molar-refractivity contribution in [2.45, 2.75) is 25.7 Å². The van der Waals surface area contributed by atoms with Gasteiger partial charge in [-0.25, -0.2) is 0 Å². The number of rotatable bonds is 3. The maximum atomic E-state index is 8.53. The van der Waals surface area contributed by atoms with E-state index in [2.05, 4.69) is 10.3 Å². The van der Waals surface area contributed by atoms with E-state index in [1.54, 1.807) is 0 Å². The van der Waals surface area contributed by atoms with Gasteiger partial charge in [-0.2, -0.15) is 0 Å². The fourth-order valence-electron chi connectivity index (χ4n) is 1.22. The molecule has 0 atom stereocenters. The largest absolute Gasteiger partial charge is 0.396 e. The highest BCUT2D eigenvalue weighted by molar-refractivity contribution is 5.76. The van der Waals surface area contributed by atoms with Gasteiger partial charge in [0.25, 0.3) is 0 Å². The van der Waals surface area contributed by atoms with Gasteiger partial charge in [0.05, 0.1) is 13.1 Å². The molecule has 3 nitrogen and oxygen atoms in total. The van der Waals surface area contributed by atoms with Gasteiger partial charge in [0.15, 0.2) is 0 Å². The van der Waals surface area contributed by atoms with Gasteiger partial charge in [0.2, 0.25) is 5.84 Å². The number of aliphatic hydroxyl groups excluding tert-OH is 1. The molecule has 0 amide bonds. The van der Waals surface area contributed by atoms with Gasteiger partial charge in [-0.3, -0.25) is 10.3 Å². The summed E-state index contributed by atoms with van der Waals surface area (Å²) in [5.74, 6) is 1.25. The fourth-order valence-corrected chi connectivity index (χ4v) is 1.22. The first-order valence-corrected chi connectivity index (χ1v) is 4.38. The van der Waals surface area contributed by atoms with Crippen LogP contribution in [0.2, 0.25) is 0 Å². The molecule has 3 heteroatoms. The van der Waals surface area contributed by atoms with Crippen molar-refractivity contribution in [1.29, 1.82) is 0 Å². The Kier molecular flexibility index (Phi) is 3.98.